The Balaban J connectivity index is 1.91. The molecule has 0 radical (unpaired) electrons. The van der Waals surface area contributed by atoms with Crippen molar-refractivity contribution in [3.05, 3.63) is 0 Å². The fourth-order valence-corrected chi connectivity index (χ4v) is 3.29. The van der Waals surface area contributed by atoms with Crippen LogP contribution in [0.2, 0.25) is 0 Å². The largest absolute Gasteiger partial charge is 0.379 e. The minimum Gasteiger partial charge on any atom is -0.379 e. The Morgan fingerprint density at radius 2 is 2.30 bits per heavy atom. The van der Waals surface area contributed by atoms with Gasteiger partial charge in [0.05, 0.1) is 12.9 Å². The summed E-state index contributed by atoms with van der Waals surface area (Å²) in [4.78, 5) is 14.2. The van der Waals surface area contributed by atoms with Crippen LogP contribution in [0, 0.1) is 5.92 Å². The van der Waals surface area contributed by atoms with Gasteiger partial charge >= 0.3 is 0 Å². The molecule has 0 aromatic rings. The lowest BCUT2D eigenvalue weighted by Gasteiger charge is -2.36. The molecule has 0 spiro atoms. The zero-order valence-corrected chi connectivity index (χ0v) is 12.6. The number of nitrogens with two attached hydrogens (primary N) is 1. The molecule has 0 bridgehead atoms. The normalized spacial score (nSPS) is 31.5. The van der Waals surface area contributed by atoms with Gasteiger partial charge in [-0.1, -0.05) is 0 Å². The summed E-state index contributed by atoms with van der Waals surface area (Å²) in [6, 6.07) is 0. The maximum absolute atomic E-state index is 12.5. The highest BCUT2D eigenvalue weighted by molar-refractivity contribution is 7.88. The number of piperidine rings is 1. The second-order valence-electron chi connectivity index (χ2n) is 5.84. The summed E-state index contributed by atoms with van der Waals surface area (Å²) in [5.41, 5.74) is 5.20. The molecule has 2 rings (SSSR count). The summed E-state index contributed by atoms with van der Waals surface area (Å²) >= 11 is 0. The number of carbonyl (C=O) groups excluding carboxylic acids is 1. The van der Waals surface area contributed by atoms with Gasteiger partial charge in [-0.05, 0) is 25.2 Å². The molecule has 116 valence electrons. The van der Waals surface area contributed by atoms with Gasteiger partial charge in [-0.15, -0.1) is 0 Å². The first-order valence-electron chi connectivity index (χ1n) is 6.91. The first-order chi connectivity index (χ1) is 9.30. The Bertz CT molecular complexity index is 459. The highest BCUT2D eigenvalue weighted by atomic mass is 32.2. The molecule has 8 heteroatoms. The van der Waals surface area contributed by atoms with Crippen molar-refractivity contribution in [1.29, 1.82) is 0 Å². The molecule has 2 unspecified atom stereocenters. The fourth-order valence-electron chi connectivity index (χ4n) is 2.75. The summed E-state index contributed by atoms with van der Waals surface area (Å²) in [7, 11) is -3.19. The standard InChI is InChI=1S/C12H23N3O4S/c1-20(17,18)14-7-10-3-2-5-15(8-10)11(16)12(13)4-6-19-9-12/h10,14H,2-9,13H2,1H3. The summed E-state index contributed by atoms with van der Waals surface area (Å²) in [5, 5.41) is 0. The van der Waals surface area contributed by atoms with Gasteiger partial charge in [0.2, 0.25) is 15.9 Å². The van der Waals surface area contributed by atoms with Crippen molar-refractivity contribution in [3.8, 4) is 0 Å². The van der Waals surface area contributed by atoms with Gasteiger partial charge in [0, 0.05) is 26.2 Å². The van der Waals surface area contributed by atoms with E-state index < -0.39 is 15.6 Å². The van der Waals surface area contributed by atoms with Gasteiger partial charge < -0.3 is 15.4 Å². The first-order valence-corrected chi connectivity index (χ1v) is 8.80. The van der Waals surface area contributed by atoms with Gasteiger partial charge in [-0.25, -0.2) is 13.1 Å². The smallest absolute Gasteiger partial charge is 0.245 e. The fraction of sp³-hybridized carbons (Fsp3) is 0.917. The number of nitrogens with zero attached hydrogens (tertiary/aromatic N) is 1. The van der Waals surface area contributed by atoms with E-state index in [1.165, 1.54) is 0 Å². The molecule has 0 aromatic heterocycles. The lowest BCUT2D eigenvalue weighted by Crippen LogP contribution is -2.58. The van der Waals surface area contributed by atoms with Crippen molar-refractivity contribution in [2.24, 2.45) is 11.7 Å². The Morgan fingerprint density at radius 1 is 1.55 bits per heavy atom. The summed E-state index contributed by atoms with van der Waals surface area (Å²) in [6.45, 7) is 2.41. The SMILES string of the molecule is CS(=O)(=O)NCC1CCCN(C(=O)C2(N)CCOC2)C1. The third kappa shape index (κ3) is 3.91. The molecule has 1 amide bonds. The number of rotatable bonds is 4. The van der Waals surface area contributed by atoms with Crippen LogP contribution in [-0.2, 0) is 19.6 Å². The zero-order chi connectivity index (χ0) is 14.8. The average Bonchev–Trinajstić information content (AvgIpc) is 2.83. The van der Waals surface area contributed by atoms with E-state index >= 15 is 0 Å². The minimum absolute atomic E-state index is 0.0703. The van der Waals surface area contributed by atoms with Crippen LogP contribution in [-0.4, -0.2) is 63.9 Å². The topological polar surface area (TPSA) is 102 Å². The highest BCUT2D eigenvalue weighted by Gasteiger charge is 2.42. The average molecular weight is 305 g/mol. The van der Waals surface area contributed by atoms with E-state index in [1.807, 2.05) is 0 Å². The second kappa shape index (κ2) is 5.97. The zero-order valence-electron chi connectivity index (χ0n) is 11.8. The van der Waals surface area contributed by atoms with Gasteiger partial charge in [0.1, 0.15) is 5.54 Å². The van der Waals surface area contributed by atoms with Crippen molar-refractivity contribution >= 4 is 15.9 Å². The van der Waals surface area contributed by atoms with Gasteiger partial charge in [-0.3, -0.25) is 4.79 Å². The Kier molecular flexibility index (Phi) is 4.68. The number of sulfonamides is 1. The molecule has 2 heterocycles. The molecule has 0 saturated carbocycles. The van der Waals surface area contributed by atoms with Crippen molar-refractivity contribution in [3.63, 3.8) is 0 Å². The van der Waals surface area contributed by atoms with Crippen molar-refractivity contribution in [2.45, 2.75) is 24.8 Å². The van der Waals surface area contributed by atoms with Crippen molar-refractivity contribution in [1.82, 2.24) is 9.62 Å². The van der Waals surface area contributed by atoms with E-state index in [0.29, 0.717) is 32.7 Å². The third-order valence-corrected chi connectivity index (χ3v) is 4.61. The lowest BCUT2D eigenvalue weighted by molar-refractivity contribution is -0.138. The van der Waals surface area contributed by atoms with Crippen LogP contribution < -0.4 is 10.5 Å². The van der Waals surface area contributed by atoms with Crippen LogP contribution in [0.1, 0.15) is 19.3 Å². The molecular weight excluding hydrogens is 282 g/mol. The maximum Gasteiger partial charge on any atom is 0.245 e. The maximum atomic E-state index is 12.5. The molecule has 20 heavy (non-hydrogen) atoms. The molecular formula is C12H23N3O4S. The summed E-state index contributed by atoms with van der Waals surface area (Å²) in [5.74, 6) is 0.0763. The van der Waals surface area contributed by atoms with Gasteiger partial charge in [-0.2, -0.15) is 0 Å². The lowest BCUT2D eigenvalue weighted by atomic mass is 9.93. The van der Waals surface area contributed by atoms with E-state index in [4.69, 9.17) is 10.5 Å². The number of hydrogen-bond acceptors (Lipinski definition) is 5. The van der Waals surface area contributed by atoms with Gasteiger partial charge in [0.15, 0.2) is 0 Å². The quantitative estimate of drug-likeness (QED) is 0.686. The predicted molar refractivity (Wildman–Crippen MR) is 74.5 cm³/mol. The highest BCUT2D eigenvalue weighted by Crippen LogP contribution is 2.23. The number of ether oxygens (including phenoxy) is 1. The van der Waals surface area contributed by atoms with Crippen LogP contribution in [0.25, 0.3) is 0 Å². The monoisotopic (exact) mass is 305 g/mol. The summed E-state index contributed by atoms with van der Waals surface area (Å²) in [6.07, 6.45) is 3.48. The van der Waals surface area contributed by atoms with Crippen LogP contribution in [0.5, 0.6) is 0 Å². The van der Waals surface area contributed by atoms with E-state index in [0.717, 1.165) is 19.1 Å². The number of carbonyl (C=O) groups is 1. The second-order valence-corrected chi connectivity index (χ2v) is 7.67. The van der Waals surface area contributed by atoms with Crippen molar-refractivity contribution < 1.29 is 17.9 Å². The van der Waals surface area contributed by atoms with Crippen LogP contribution in [0.15, 0.2) is 0 Å². The number of likely N-dealkylation sites (tertiary alicyclic amines) is 1. The van der Waals surface area contributed by atoms with E-state index in [-0.39, 0.29) is 18.4 Å². The van der Waals surface area contributed by atoms with Crippen LogP contribution in [0.4, 0.5) is 0 Å². The number of nitrogens with one attached hydrogen (secondary N) is 1. The van der Waals surface area contributed by atoms with Crippen LogP contribution in [0.3, 0.4) is 0 Å². The Labute approximate surface area is 119 Å². The Hall–Kier alpha value is -0.700. The molecule has 2 atom stereocenters. The van der Waals surface area contributed by atoms with Crippen LogP contribution >= 0.6 is 0 Å². The number of amides is 1. The minimum atomic E-state index is -3.19. The number of hydrogen-bond donors (Lipinski definition) is 2. The van der Waals surface area contributed by atoms with E-state index in [1.54, 1.807) is 4.90 Å². The van der Waals surface area contributed by atoms with Gasteiger partial charge in [0.25, 0.3) is 0 Å². The van der Waals surface area contributed by atoms with E-state index in [2.05, 4.69) is 4.72 Å². The molecule has 2 fully saturated rings. The molecule has 0 aliphatic carbocycles. The molecule has 0 aromatic carbocycles. The predicted octanol–water partition coefficient (Wildman–Crippen LogP) is -1.11. The molecule has 3 N–H and O–H groups in total. The van der Waals surface area contributed by atoms with E-state index in [9.17, 15) is 13.2 Å². The van der Waals surface area contributed by atoms with Crippen molar-refractivity contribution in [2.75, 3.05) is 39.1 Å². The third-order valence-electron chi connectivity index (χ3n) is 3.92. The molecule has 2 saturated heterocycles. The summed E-state index contributed by atoms with van der Waals surface area (Å²) < 4.78 is 30.0. The molecule has 7 nitrogen and oxygen atoms in total. The molecule has 2 aliphatic heterocycles. The first kappa shape index (κ1) is 15.7. The Morgan fingerprint density at radius 3 is 2.90 bits per heavy atom. The molecule has 2 aliphatic rings.